The van der Waals surface area contributed by atoms with Gasteiger partial charge in [0.2, 0.25) is 0 Å². The molecule has 0 atom stereocenters. The first-order chi connectivity index (χ1) is 6.24. The van der Waals surface area contributed by atoms with E-state index in [1.165, 1.54) is 5.56 Å². The van der Waals surface area contributed by atoms with E-state index in [4.69, 9.17) is 0 Å². The van der Waals surface area contributed by atoms with E-state index in [-0.39, 0.29) is 6.61 Å². The van der Waals surface area contributed by atoms with Crippen LogP contribution >= 0.6 is 0 Å². The molecule has 0 aliphatic carbocycles. The number of fused-ring (bicyclic) bond motifs is 1. The molecule has 0 amide bonds. The molecule has 2 N–H and O–H groups in total. The maximum atomic E-state index is 9.18. The van der Waals surface area contributed by atoms with Gasteiger partial charge in [-0.3, -0.25) is 0 Å². The van der Waals surface area contributed by atoms with Crippen molar-refractivity contribution < 1.29 is 5.11 Å². The maximum absolute atomic E-state index is 9.18. The van der Waals surface area contributed by atoms with Crippen LogP contribution in [0.15, 0.2) is 18.2 Å². The number of aromatic amines is 1. The van der Waals surface area contributed by atoms with E-state index in [1.54, 1.807) is 0 Å². The Balaban J connectivity index is 2.86. The van der Waals surface area contributed by atoms with E-state index in [0.717, 1.165) is 22.2 Å². The second kappa shape index (κ2) is 2.89. The molecule has 2 rings (SSSR count). The van der Waals surface area contributed by atoms with Crippen molar-refractivity contribution in [1.82, 2.24) is 4.98 Å². The molecule has 0 aliphatic rings. The van der Waals surface area contributed by atoms with Crippen molar-refractivity contribution in [2.75, 3.05) is 0 Å². The summed E-state index contributed by atoms with van der Waals surface area (Å²) in [6, 6.07) is 6.13. The van der Waals surface area contributed by atoms with Gasteiger partial charge in [-0.25, -0.2) is 0 Å². The monoisotopic (exact) mass is 175 g/mol. The predicted octanol–water partition coefficient (Wildman–Crippen LogP) is 2.28. The van der Waals surface area contributed by atoms with Gasteiger partial charge in [0, 0.05) is 22.2 Å². The van der Waals surface area contributed by atoms with Crippen molar-refractivity contribution in [2.24, 2.45) is 0 Å². The fourth-order valence-electron chi connectivity index (χ4n) is 1.75. The standard InChI is InChI=1S/C11H13NO/c1-7-4-3-5-9-10(6-13)8(2)12-11(7)9/h3-5,12-13H,6H2,1-2H3. The molecule has 0 fully saturated rings. The molecule has 0 unspecified atom stereocenters. The average molecular weight is 175 g/mol. The molecular formula is C11H13NO. The van der Waals surface area contributed by atoms with Crippen molar-refractivity contribution >= 4 is 10.9 Å². The number of nitrogens with one attached hydrogen (secondary N) is 1. The number of hydrogen-bond donors (Lipinski definition) is 2. The van der Waals surface area contributed by atoms with E-state index in [0.29, 0.717) is 0 Å². The van der Waals surface area contributed by atoms with Gasteiger partial charge < -0.3 is 10.1 Å². The molecule has 0 aliphatic heterocycles. The quantitative estimate of drug-likeness (QED) is 0.685. The summed E-state index contributed by atoms with van der Waals surface area (Å²) >= 11 is 0. The van der Waals surface area contributed by atoms with Crippen LogP contribution in [-0.2, 0) is 6.61 Å². The van der Waals surface area contributed by atoms with Gasteiger partial charge in [-0.15, -0.1) is 0 Å². The number of H-pyrrole nitrogens is 1. The Morgan fingerprint density at radius 3 is 2.77 bits per heavy atom. The van der Waals surface area contributed by atoms with Gasteiger partial charge >= 0.3 is 0 Å². The molecule has 0 saturated heterocycles. The molecule has 68 valence electrons. The molecule has 2 heteroatoms. The summed E-state index contributed by atoms with van der Waals surface area (Å²) < 4.78 is 0. The molecular weight excluding hydrogens is 162 g/mol. The van der Waals surface area contributed by atoms with Crippen LogP contribution in [0.3, 0.4) is 0 Å². The van der Waals surface area contributed by atoms with Gasteiger partial charge in [0.05, 0.1) is 6.61 Å². The van der Waals surface area contributed by atoms with Crippen LogP contribution in [0.2, 0.25) is 0 Å². The molecule has 0 radical (unpaired) electrons. The van der Waals surface area contributed by atoms with Crippen molar-refractivity contribution in [2.45, 2.75) is 20.5 Å². The Hall–Kier alpha value is -1.28. The van der Waals surface area contributed by atoms with Crippen LogP contribution in [0, 0.1) is 13.8 Å². The maximum Gasteiger partial charge on any atom is 0.0705 e. The summed E-state index contributed by atoms with van der Waals surface area (Å²) in [4.78, 5) is 3.29. The zero-order valence-corrected chi connectivity index (χ0v) is 7.89. The van der Waals surface area contributed by atoms with E-state index < -0.39 is 0 Å². The van der Waals surface area contributed by atoms with E-state index >= 15 is 0 Å². The lowest BCUT2D eigenvalue weighted by atomic mass is 10.1. The second-order valence-corrected chi connectivity index (χ2v) is 3.38. The third-order valence-corrected chi connectivity index (χ3v) is 2.52. The Labute approximate surface area is 77.2 Å². The number of aliphatic hydroxyl groups is 1. The van der Waals surface area contributed by atoms with E-state index in [2.05, 4.69) is 18.0 Å². The molecule has 2 aromatic rings. The molecule has 2 nitrogen and oxygen atoms in total. The molecule has 0 bridgehead atoms. The first-order valence-electron chi connectivity index (χ1n) is 4.41. The number of aliphatic hydroxyl groups excluding tert-OH is 1. The minimum atomic E-state index is 0.106. The van der Waals surface area contributed by atoms with Crippen molar-refractivity contribution in [3.63, 3.8) is 0 Å². The molecule has 1 aromatic carbocycles. The molecule has 0 spiro atoms. The Morgan fingerprint density at radius 1 is 1.31 bits per heavy atom. The zero-order chi connectivity index (χ0) is 9.42. The summed E-state index contributed by atoms with van der Waals surface area (Å²) in [6.07, 6.45) is 0. The lowest BCUT2D eigenvalue weighted by molar-refractivity contribution is 0.282. The van der Waals surface area contributed by atoms with E-state index in [9.17, 15) is 5.11 Å². The normalized spacial score (nSPS) is 11.0. The van der Waals surface area contributed by atoms with E-state index in [1.807, 2.05) is 19.1 Å². The van der Waals surface area contributed by atoms with Gasteiger partial charge in [0.1, 0.15) is 0 Å². The number of hydrogen-bond acceptors (Lipinski definition) is 1. The molecule has 13 heavy (non-hydrogen) atoms. The topological polar surface area (TPSA) is 36.0 Å². The lowest BCUT2D eigenvalue weighted by Crippen LogP contribution is -1.83. The molecule has 1 heterocycles. The minimum Gasteiger partial charge on any atom is -0.392 e. The fourth-order valence-corrected chi connectivity index (χ4v) is 1.75. The Kier molecular flexibility index (Phi) is 1.85. The Morgan fingerprint density at radius 2 is 2.08 bits per heavy atom. The van der Waals surface area contributed by atoms with Crippen LogP contribution in [-0.4, -0.2) is 10.1 Å². The highest BCUT2D eigenvalue weighted by atomic mass is 16.3. The SMILES string of the molecule is Cc1[nH]c2c(C)cccc2c1CO. The number of rotatable bonds is 1. The largest absolute Gasteiger partial charge is 0.392 e. The van der Waals surface area contributed by atoms with Crippen molar-refractivity contribution in [3.8, 4) is 0 Å². The average Bonchev–Trinajstić information content (AvgIpc) is 2.43. The number of aryl methyl sites for hydroxylation is 2. The van der Waals surface area contributed by atoms with Gasteiger partial charge in [-0.1, -0.05) is 18.2 Å². The summed E-state index contributed by atoms with van der Waals surface area (Å²) in [7, 11) is 0. The first-order valence-corrected chi connectivity index (χ1v) is 4.41. The summed E-state index contributed by atoms with van der Waals surface area (Å²) in [6.45, 7) is 4.17. The third-order valence-electron chi connectivity index (χ3n) is 2.52. The summed E-state index contributed by atoms with van der Waals surface area (Å²) in [5.74, 6) is 0. The zero-order valence-electron chi connectivity index (χ0n) is 7.89. The lowest BCUT2D eigenvalue weighted by Gasteiger charge is -1.96. The van der Waals surface area contributed by atoms with Gasteiger partial charge in [0.25, 0.3) is 0 Å². The van der Waals surface area contributed by atoms with Crippen LogP contribution in [0.5, 0.6) is 0 Å². The first kappa shape index (κ1) is 8.32. The van der Waals surface area contributed by atoms with Crippen LogP contribution in [0.25, 0.3) is 10.9 Å². The smallest absolute Gasteiger partial charge is 0.0705 e. The Bertz CT molecular complexity index is 443. The van der Waals surface area contributed by atoms with Crippen LogP contribution in [0.4, 0.5) is 0 Å². The minimum absolute atomic E-state index is 0.106. The number of para-hydroxylation sites is 1. The van der Waals surface area contributed by atoms with Gasteiger partial charge in [0.15, 0.2) is 0 Å². The van der Waals surface area contributed by atoms with Gasteiger partial charge in [-0.05, 0) is 19.4 Å². The summed E-state index contributed by atoms with van der Waals surface area (Å²) in [5.41, 5.74) is 4.44. The third kappa shape index (κ3) is 1.14. The van der Waals surface area contributed by atoms with Crippen molar-refractivity contribution in [3.05, 3.63) is 35.0 Å². The van der Waals surface area contributed by atoms with Crippen LogP contribution < -0.4 is 0 Å². The van der Waals surface area contributed by atoms with Crippen LogP contribution in [0.1, 0.15) is 16.8 Å². The molecule has 0 saturated carbocycles. The number of benzene rings is 1. The number of aromatic nitrogens is 1. The second-order valence-electron chi connectivity index (χ2n) is 3.38. The van der Waals surface area contributed by atoms with Gasteiger partial charge in [-0.2, -0.15) is 0 Å². The summed E-state index contributed by atoms with van der Waals surface area (Å²) in [5, 5.41) is 10.3. The highest BCUT2D eigenvalue weighted by Crippen LogP contribution is 2.24. The van der Waals surface area contributed by atoms with Crippen molar-refractivity contribution in [1.29, 1.82) is 0 Å². The predicted molar refractivity (Wildman–Crippen MR) is 53.7 cm³/mol. The fraction of sp³-hybridized carbons (Fsp3) is 0.273. The molecule has 1 aromatic heterocycles. The highest BCUT2D eigenvalue weighted by molar-refractivity contribution is 5.87. The highest BCUT2D eigenvalue weighted by Gasteiger charge is 2.07.